The molecular weight excluding hydrogens is 276 g/mol. The lowest BCUT2D eigenvalue weighted by Gasteiger charge is -2.13. The molecule has 0 bridgehead atoms. The van der Waals surface area contributed by atoms with Crippen LogP contribution in [-0.4, -0.2) is 30.2 Å². The van der Waals surface area contributed by atoms with Crippen molar-refractivity contribution in [3.63, 3.8) is 0 Å². The molecule has 0 fully saturated rings. The molecular formula is C17H24N4O. The highest BCUT2D eigenvalue weighted by atomic mass is 16.5. The van der Waals surface area contributed by atoms with Gasteiger partial charge in [0, 0.05) is 32.1 Å². The summed E-state index contributed by atoms with van der Waals surface area (Å²) >= 11 is 0. The smallest absolute Gasteiger partial charge is 0.229 e. The summed E-state index contributed by atoms with van der Waals surface area (Å²) in [7, 11) is 1.71. The predicted molar refractivity (Wildman–Crippen MR) is 90.9 cm³/mol. The van der Waals surface area contributed by atoms with Gasteiger partial charge < -0.3 is 15.4 Å². The van der Waals surface area contributed by atoms with E-state index in [2.05, 4.69) is 52.6 Å². The third-order valence-corrected chi connectivity index (χ3v) is 3.46. The van der Waals surface area contributed by atoms with E-state index >= 15 is 0 Å². The first-order valence-electron chi connectivity index (χ1n) is 7.66. The molecule has 0 aliphatic carbocycles. The quantitative estimate of drug-likeness (QED) is 0.730. The lowest BCUT2D eigenvalue weighted by molar-refractivity contribution is 0.198. The molecule has 0 unspecified atom stereocenters. The van der Waals surface area contributed by atoms with E-state index in [0.717, 1.165) is 37.5 Å². The number of benzene rings is 1. The maximum Gasteiger partial charge on any atom is 0.229 e. The molecule has 0 saturated heterocycles. The molecule has 0 saturated carbocycles. The van der Waals surface area contributed by atoms with E-state index in [1.165, 1.54) is 11.1 Å². The molecule has 0 spiro atoms. The first-order chi connectivity index (χ1) is 10.7. The number of nitrogens with zero attached hydrogens (tertiary/aromatic N) is 2. The highest BCUT2D eigenvalue weighted by molar-refractivity contribution is 5.63. The summed E-state index contributed by atoms with van der Waals surface area (Å²) in [6, 6.07) is 8.17. The predicted octanol–water partition coefficient (Wildman–Crippen LogP) is 3.54. The van der Waals surface area contributed by atoms with Gasteiger partial charge in [-0.25, -0.2) is 4.98 Å². The fraction of sp³-hybridized carbons (Fsp3) is 0.412. The van der Waals surface area contributed by atoms with Crippen molar-refractivity contribution in [1.82, 2.24) is 9.97 Å². The molecule has 118 valence electrons. The van der Waals surface area contributed by atoms with Crippen molar-refractivity contribution >= 4 is 17.5 Å². The first kappa shape index (κ1) is 16.2. The summed E-state index contributed by atoms with van der Waals surface area (Å²) in [5.41, 5.74) is 3.56. The van der Waals surface area contributed by atoms with Gasteiger partial charge in [0.25, 0.3) is 0 Å². The standard InChI is InChI=1S/C17H24N4O/c1-4-14-8-5-7-13(2)16(14)21-17-19-11-9-15(20-17)18-10-6-12-22-3/h5,7-9,11H,4,6,10,12H2,1-3H3,(H2,18,19,20,21). The zero-order chi connectivity index (χ0) is 15.8. The van der Waals surface area contributed by atoms with Crippen LogP contribution in [0.15, 0.2) is 30.5 Å². The van der Waals surface area contributed by atoms with Gasteiger partial charge in [0.15, 0.2) is 0 Å². The fourth-order valence-corrected chi connectivity index (χ4v) is 2.26. The number of ether oxygens (including phenoxy) is 1. The Morgan fingerprint density at radius 3 is 2.86 bits per heavy atom. The second-order valence-electron chi connectivity index (χ2n) is 5.13. The Morgan fingerprint density at radius 2 is 2.09 bits per heavy atom. The summed E-state index contributed by atoms with van der Waals surface area (Å²) in [6.45, 7) is 5.81. The van der Waals surface area contributed by atoms with Crippen LogP contribution in [-0.2, 0) is 11.2 Å². The number of para-hydroxylation sites is 1. The third kappa shape index (κ3) is 4.43. The molecule has 5 heteroatoms. The van der Waals surface area contributed by atoms with Crippen molar-refractivity contribution in [1.29, 1.82) is 0 Å². The minimum Gasteiger partial charge on any atom is -0.385 e. The molecule has 0 aliphatic rings. The third-order valence-electron chi connectivity index (χ3n) is 3.46. The van der Waals surface area contributed by atoms with Crippen LogP contribution in [0.3, 0.4) is 0 Å². The Bertz CT molecular complexity index is 601. The minimum absolute atomic E-state index is 0.612. The SMILES string of the molecule is CCc1cccc(C)c1Nc1nccc(NCCCOC)n1. The molecule has 0 radical (unpaired) electrons. The van der Waals surface area contributed by atoms with Gasteiger partial charge in [-0.15, -0.1) is 0 Å². The number of hydrogen-bond acceptors (Lipinski definition) is 5. The maximum atomic E-state index is 5.04. The summed E-state index contributed by atoms with van der Waals surface area (Å²) in [5.74, 6) is 1.43. The topological polar surface area (TPSA) is 59.1 Å². The van der Waals surface area contributed by atoms with Gasteiger partial charge in [0.05, 0.1) is 0 Å². The number of methoxy groups -OCH3 is 1. The Hall–Kier alpha value is -2.14. The Kier molecular flexibility index (Phi) is 6.15. The summed E-state index contributed by atoms with van der Waals surface area (Å²) in [5, 5.41) is 6.62. The number of anilines is 3. The van der Waals surface area contributed by atoms with Gasteiger partial charge in [-0.2, -0.15) is 4.98 Å². The number of aryl methyl sites for hydroxylation is 2. The summed E-state index contributed by atoms with van der Waals surface area (Å²) in [6.07, 6.45) is 3.68. The van der Waals surface area contributed by atoms with Crippen LogP contribution < -0.4 is 10.6 Å². The Morgan fingerprint density at radius 1 is 1.23 bits per heavy atom. The molecule has 0 atom stereocenters. The monoisotopic (exact) mass is 300 g/mol. The average Bonchev–Trinajstić information content (AvgIpc) is 2.54. The molecule has 1 aromatic carbocycles. The molecule has 22 heavy (non-hydrogen) atoms. The van der Waals surface area contributed by atoms with Crippen molar-refractivity contribution in [2.75, 3.05) is 30.9 Å². The van der Waals surface area contributed by atoms with Crippen LogP contribution in [0, 0.1) is 6.92 Å². The lowest BCUT2D eigenvalue weighted by atomic mass is 10.1. The normalized spacial score (nSPS) is 10.5. The van der Waals surface area contributed by atoms with Crippen LogP contribution in [0.4, 0.5) is 17.5 Å². The van der Waals surface area contributed by atoms with Crippen molar-refractivity contribution in [3.8, 4) is 0 Å². The summed E-state index contributed by atoms with van der Waals surface area (Å²) < 4.78 is 5.04. The van der Waals surface area contributed by atoms with E-state index in [0.29, 0.717) is 5.95 Å². The second kappa shape index (κ2) is 8.34. The number of nitrogens with one attached hydrogen (secondary N) is 2. The van der Waals surface area contributed by atoms with E-state index in [4.69, 9.17) is 4.74 Å². The fourth-order valence-electron chi connectivity index (χ4n) is 2.26. The van der Waals surface area contributed by atoms with Crippen LogP contribution in [0.25, 0.3) is 0 Å². The first-order valence-corrected chi connectivity index (χ1v) is 7.66. The maximum absolute atomic E-state index is 5.04. The Labute approximate surface area is 132 Å². The number of rotatable bonds is 8. The van der Waals surface area contributed by atoms with Crippen LogP contribution in [0.5, 0.6) is 0 Å². The van der Waals surface area contributed by atoms with Gasteiger partial charge in [-0.1, -0.05) is 25.1 Å². The van der Waals surface area contributed by atoms with Crippen LogP contribution in [0.1, 0.15) is 24.5 Å². The van der Waals surface area contributed by atoms with Gasteiger partial charge in [0.2, 0.25) is 5.95 Å². The van der Waals surface area contributed by atoms with Crippen molar-refractivity contribution < 1.29 is 4.74 Å². The second-order valence-corrected chi connectivity index (χ2v) is 5.13. The van der Waals surface area contributed by atoms with Gasteiger partial charge in [-0.3, -0.25) is 0 Å². The van der Waals surface area contributed by atoms with Crippen molar-refractivity contribution in [2.24, 2.45) is 0 Å². The van der Waals surface area contributed by atoms with Gasteiger partial charge >= 0.3 is 0 Å². The van der Waals surface area contributed by atoms with E-state index in [9.17, 15) is 0 Å². The van der Waals surface area contributed by atoms with Crippen molar-refractivity contribution in [3.05, 3.63) is 41.6 Å². The highest BCUT2D eigenvalue weighted by Gasteiger charge is 2.06. The van der Waals surface area contributed by atoms with Gasteiger partial charge in [0.1, 0.15) is 5.82 Å². The van der Waals surface area contributed by atoms with Gasteiger partial charge in [-0.05, 0) is 37.0 Å². The molecule has 1 heterocycles. The average molecular weight is 300 g/mol. The summed E-state index contributed by atoms with van der Waals surface area (Å²) in [4.78, 5) is 8.82. The zero-order valence-electron chi connectivity index (χ0n) is 13.5. The zero-order valence-corrected chi connectivity index (χ0v) is 13.5. The van der Waals surface area contributed by atoms with E-state index in [1.807, 2.05) is 6.07 Å². The number of aromatic nitrogens is 2. The minimum atomic E-state index is 0.612. The molecule has 0 aliphatic heterocycles. The highest BCUT2D eigenvalue weighted by Crippen LogP contribution is 2.24. The van der Waals surface area contributed by atoms with E-state index in [1.54, 1.807) is 13.3 Å². The Balaban J connectivity index is 2.07. The molecule has 2 aromatic rings. The molecule has 0 amide bonds. The number of hydrogen-bond donors (Lipinski definition) is 2. The molecule has 1 aromatic heterocycles. The van der Waals surface area contributed by atoms with Crippen LogP contribution in [0.2, 0.25) is 0 Å². The largest absolute Gasteiger partial charge is 0.385 e. The lowest BCUT2D eigenvalue weighted by Crippen LogP contribution is -2.08. The molecule has 2 rings (SSSR count). The van der Waals surface area contributed by atoms with E-state index in [-0.39, 0.29) is 0 Å². The molecule has 5 nitrogen and oxygen atoms in total. The van der Waals surface area contributed by atoms with Crippen molar-refractivity contribution in [2.45, 2.75) is 26.7 Å². The van der Waals surface area contributed by atoms with Crippen LogP contribution >= 0.6 is 0 Å². The molecule has 2 N–H and O–H groups in total. The van der Waals surface area contributed by atoms with E-state index < -0.39 is 0 Å².